The number of hydrogen-bond acceptors (Lipinski definition) is 6. The van der Waals surface area contributed by atoms with E-state index in [-0.39, 0.29) is 34.9 Å². The summed E-state index contributed by atoms with van der Waals surface area (Å²) in [5.74, 6) is -1.15. The minimum atomic E-state index is -1.43. The zero-order chi connectivity index (χ0) is 25.9. The molecule has 180 valence electrons. The Balaban J connectivity index is 2.08. The monoisotopic (exact) mass is 559 g/mol. The molecule has 0 unspecified atom stereocenters. The molecule has 0 aliphatic carbocycles. The van der Waals surface area contributed by atoms with E-state index in [4.69, 9.17) is 16.7 Å². The number of nitriles is 1. The number of rotatable bonds is 5. The lowest BCUT2D eigenvalue weighted by atomic mass is 10.0. The van der Waals surface area contributed by atoms with Crippen molar-refractivity contribution >= 4 is 51.1 Å². The predicted molar refractivity (Wildman–Crippen MR) is 131 cm³/mol. The van der Waals surface area contributed by atoms with Crippen LogP contribution in [0.5, 0.6) is 0 Å². The fourth-order valence-corrected chi connectivity index (χ4v) is 3.81. The Hall–Kier alpha value is -3.95. The largest absolute Gasteiger partial charge is 0.464 e. The quantitative estimate of drug-likeness (QED) is 0.398. The molecule has 0 bridgehead atoms. The van der Waals surface area contributed by atoms with Crippen LogP contribution >= 0.6 is 27.5 Å². The molecule has 0 saturated carbocycles. The molecular weight excluding hydrogens is 542 g/mol. The Morgan fingerprint density at radius 2 is 1.97 bits per heavy atom. The van der Waals surface area contributed by atoms with Crippen LogP contribution < -0.4 is 10.7 Å². The van der Waals surface area contributed by atoms with Crippen LogP contribution in [0.15, 0.2) is 35.1 Å². The van der Waals surface area contributed by atoms with Gasteiger partial charge in [-0.3, -0.25) is 9.59 Å². The van der Waals surface area contributed by atoms with E-state index in [9.17, 15) is 19.6 Å². The number of carbonyl (C=O) groups is 3. The second-order valence-electron chi connectivity index (χ2n) is 7.28. The maximum atomic E-state index is 13.4. The number of carboxylic acid groups (broad SMARTS) is 1. The van der Waals surface area contributed by atoms with Gasteiger partial charge in [-0.15, -0.1) is 0 Å². The molecule has 0 radical (unpaired) electrons. The summed E-state index contributed by atoms with van der Waals surface area (Å²) in [6.45, 7) is 4.97. The SMILES string of the molecule is CCN(NC(=O)O)C(=O)c1cc(C#N)cc(C)c1NC(=O)c1cc(Br)nn1-c1nccc(C)c1Cl. The van der Waals surface area contributed by atoms with Gasteiger partial charge in [0, 0.05) is 18.8 Å². The van der Waals surface area contributed by atoms with E-state index in [2.05, 4.69) is 31.3 Å². The molecule has 3 N–H and O–H groups in total. The Bertz CT molecular complexity index is 1380. The Morgan fingerprint density at radius 1 is 1.26 bits per heavy atom. The van der Waals surface area contributed by atoms with E-state index in [1.165, 1.54) is 29.1 Å². The molecule has 13 heteroatoms. The van der Waals surface area contributed by atoms with E-state index in [0.29, 0.717) is 15.2 Å². The third kappa shape index (κ3) is 5.42. The van der Waals surface area contributed by atoms with Crippen molar-refractivity contribution in [2.45, 2.75) is 20.8 Å². The van der Waals surface area contributed by atoms with Crippen molar-refractivity contribution in [3.05, 3.63) is 68.0 Å². The first-order chi connectivity index (χ1) is 16.6. The number of benzene rings is 1. The highest BCUT2D eigenvalue weighted by Crippen LogP contribution is 2.27. The van der Waals surface area contributed by atoms with Crippen LogP contribution in [-0.4, -0.2) is 49.3 Å². The molecule has 3 rings (SSSR count). The number of amides is 3. The molecule has 3 aromatic rings. The summed E-state index contributed by atoms with van der Waals surface area (Å²) in [5.41, 5.74) is 3.43. The first-order valence-corrected chi connectivity index (χ1v) is 11.3. The van der Waals surface area contributed by atoms with E-state index in [0.717, 1.165) is 10.6 Å². The van der Waals surface area contributed by atoms with Gasteiger partial charge < -0.3 is 10.4 Å². The minimum Gasteiger partial charge on any atom is -0.464 e. The molecule has 0 saturated heterocycles. The minimum absolute atomic E-state index is 0.00555. The highest BCUT2D eigenvalue weighted by Gasteiger charge is 2.25. The summed E-state index contributed by atoms with van der Waals surface area (Å²) < 4.78 is 1.61. The number of hydrogen-bond donors (Lipinski definition) is 3. The standard InChI is InChI=1S/C22H19BrClN7O4/c1-4-30(29-22(34)35)21(33)14-8-13(10-25)7-12(3)18(14)27-20(32)15-9-16(23)28-31(15)19-17(24)11(2)5-6-26-19/h5-9,29H,4H2,1-3H3,(H,27,32)(H,34,35). The van der Waals surface area contributed by atoms with E-state index in [1.807, 2.05) is 11.5 Å². The number of pyridine rings is 1. The summed E-state index contributed by atoms with van der Waals surface area (Å²) in [4.78, 5) is 41.8. The molecule has 35 heavy (non-hydrogen) atoms. The van der Waals surface area contributed by atoms with Gasteiger partial charge in [-0.2, -0.15) is 10.4 Å². The fraction of sp³-hybridized carbons (Fsp3) is 0.182. The highest BCUT2D eigenvalue weighted by atomic mass is 79.9. The van der Waals surface area contributed by atoms with Crippen LogP contribution in [0, 0.1) is 25.2 Å². The van der Waals surface area contributed by atoms with Crippen LogP contribution in [0.4, 0.5) is 10.5 Å². The lowest BCUT2D eigenvalue weighted by Gasteiger charge is -2.22. The first-order valence-electron chi connectivity index (χ1n) is 10.1. The van der Waals surface area contributed by atoms with Crippen LogP contribution in [0.25, 0.3) is 5.82 Å². The molecule has 2 heterocycles. The van der Waals surface area contributed by atoms with Crippen molar-refractivity contribution in [3.8, 4) is 11.9 Å². The van der Waals surface area contributed by atoms with Gasteiger partial charge in [-0.05, 0) is 66.0 Å². The highest BCUT2D eigenvalue weighted by molar-refractivity contribution is 9.10. The van der Waals surface area contributed by atoms with Gasteiger partial charge in [-0.1, -0.05) is 11.6 Å². The molecule has 0 atom stereocenters. The topological polar surface area (TPSA) is 153 Å². The van der Waals surface area contributed by atoms with Crippen LogP contribution in [-0.2, 0) is 0 Å². The van der Waals surface area contributed by atoms with Gasteiger partial charge in [0.15, 0.2) is 5.82 Å². The zero-order valence-electron chi connectivity index (χ0n) is 18.8. The number of nitrogens with one attached hydrogen (secondary N) is 2. The lowest BCUT2D eigenvalue weighted by Crippen LogP contribution is -2.45. The number of aromatic nitrogens is 3. The number of halogens is 2. The second-order valence-corrected chi connectivity index (χ2v) is 8.47. The van der Waals surface area contributed by atoms with E-state index >= 15 is 0 Å². The van der Waals surface area contributed by atoms with Crippen molar-refractivity contribution in [1.29, 1.82) is 5.26 Å². The Kier molecular flexibility index (Phi) is 7.73. The third-order valence-electron chi connectivity index (χ3n) is 4.90. The summed E-state index contributed by atoms with van der Waals surface area (Å²) in [6, 6.07) is 7.91. The van der Waals surface area contributed by atoms with Crippen molar-refractivity contribution in [3.63, 3.8) is 0 Å². The predicted octanol–water partition coefficient (Wildman–Crippen LogP) is 4.07. The van der Waals surface area contributed by atoms with Gasteiger partial charge >= 0.3 is 6.09 Å². The molecule has 11 nitrogen and oxygen atoms in total. The third-order valence-corrected chi connectivity index (χ3v) is 5.76. The van der Waals surface area contributed by atoms with Gasteiger partial charge in [0.2, 0.25) is 0 Å². The maximum absolute atomic E-state index is 13.4. The van der Waals surface area contributed by atoms with Crippen LogP contribution in [0.2, 0.25) is 5.02 Å². The first kappa shape index (κ1) is 25.7. The number of nitrogens with zero attached hydrogens (tertiary/aromatic N) is 5. The summed E-state index contributed by atoms with van der Waals surface area (Å²) >= 11 is 9.64. The number of aryl methyl sites for hydroxylation is 2. The number of hydrazine groups is 1. The van der Waals surface area contributed by atoms with Gasteiger partial charge in [0.25, 0.3) is 11.8 Å². The summed E-state index contributed by atoms with van der Waals surface area (Å²) in [7, 11) is 0. The van der Waals surface area contributed by atoms with Crippen molar-refractivity contribution in [2.24, 2.45) is 0 Å². The molecule has 2 aromatic heterocycles. The van der Waals surface area contributed by atoms with Crippen molar-refractivity contribution in [2.75, 3.05) is 11.9 Å². The normalized spacial score (nSPS) is 10.4. The van der Waals surface area contributed by atoms with Crippen LogP contribution in [0.1, 0.15) is 44.5 Å². The molecule has 0 aliphatic heterocycles. The van der Waals surface area contributed by atoms with Gasteiger partial charge in [0.05, 0.1) is 27.9 Å². The molecule has 1 aromatic carbocycles. The van der Waals surface area contributed by atoms with Crippen molar-refractivity contribution < 1.29 is 19.5 Å². The molecule has 3 amide bonds. The maximum Gasteiger partial charge on any atom is 0.423 e. The summed E-state index contributed by atoms with van der Waals surface area (Å²) in [6.07, 6.45) is 0.0969. The second kappa shape index (κ2) is 10.5. The van der Waals surface area contributed by atoms with Crippen LogP contribution in [0.3, 0.4) is 0 Å². The lowest BCUT2D eigenvalue weighted by molar-refractivity contribution is 0.0661. The molecular formula is C22H19BrClN7O4. The smallest absolute Gasteiger partial charge is 0.423 e. The zero-order valence-corrected chi connectivity index (χ0v) is 21.1. The molecule has 0 spiro atoms. The number of anilines is 1. The average molecular weight is 561 g/mol. The number of carbonyl (C=O) groups excluding carboxylic acids is 2. The van der Waals surface area contributed by atoms with E-state index < -0.39 is 17.9 Å². The summed E-state index contributed by atoms with van der Waals surface area (Å²) in [5, 5.41) is 26.5. The Labute approximate surface area is 213 Å². The molecule has 0 aliphatic rings. The van der Waals surface area contributed by atoms with E-state index in [1.54, 1.807) is 26.8 Å². The Morgan fingerprint density at radius 3 is 2.60 bits per heavy atom. The van der Waals surface area contributed by atoms with Gasteiger partial charge in [0.1, 0.15) is 10.3 Å². The average Bonchev–Trinajstić information content (AvgIpc) is 3.21. The van der Waals surface area contributed by atoms with Crippen molar-refractivity contribution in [1.82, 2.24) is 25.2 Å². The molecule has 0 fully saturated rings. The fourth-order valence-electron chi connectivity index (χ4n) is 3.25. The van der Waals surface area contributed by atoms with Gasteiger partial charge in [-0.25, -0.2) is 24.9 Å².